The zero-order valence-electron chi connectivity index (χ0n) is 10.2. The van der Waals surface area contributed by atoms with E-state index in [9.17, 15) is 9.90 Å². The highest BCUT2D eigenvalue weighted by Gasteiger charge is 2.04. The molecule has 93 valence electrons. The number of nitrogens with one attached hydrogen (secondary N) is 1. The Morgan fingerprint density at radius 1 is 1.29 bits per heavy atom. The van der Waals surface area contributed by atoms with Gasteiger partial charge in [-0.15, -0.1) is 0 Å². The quantitative estimate of drug-likeness (QED) is 0.854. The topological polar surface area (TPSA) is 58.2 Å². The standard InChI is InChI=1S/C13H18NO3/c1-10(2)9-17-13(16)14-12-5-3-11(4-6-12)7-8-15/h3-6,10H,7-9H2,1-2H3,(H,14,16). The molecule has 17 heavy (non-hydrogen) atoms. The first-order chi connectivity index (χ1) is 8.11. The lowest BCUT2D eigenvalue weighted by molar-refractivity contribution is 0.147. The summed E-state index contributed by atoms with van der Waals surface area (Å²) in [7, 11) is 0. The van der Waals surface area contributed by atoms with E-state index >= 15 is 0 Å². The molecule has 1 rings (SSSR count). The van der Waals surface area contributed by atoms with Crippen LogP contribution in [0.1, 0.15) is 19.4 Å². The highest BCUT2D eigenvalue weighted by molar-refractivity contribution is 5.84. The van der Waals surface area contributed by atoms with Gasteiger partial charge in [-0.1, -0.05) is 26.0 Å². The number of hydrogen-bond donors (Lipinski definition) is 1. The second-order valence-corrected chi connectivity index (χ2v) is 4.27. The normalized spacial score (nSPS) is 10.4. The number of carbonyl (C=O) groups is 1. The van der Waals surface area contributed by atoms with Crippen LogP contribution in [-0.2, 0) is 16.3 Å². The molecule has 0 spiro atoms. The lowest BCUT2D eigenvalue weighted by atomic mass is 10.1. The number of ether oxygens (including phenoxy) is 1. The third-order valence-corrected chi connectivity index (χ3v) is 2.14. The van der Waals surface area contributed by atoms with Crippen molar-refractivity contribution in [1.29, 1.82) is 0 Å². The van der Waals surface area contributed by atoms with Crippen LogP contribution in [0, 0.1) is 5.92 Å². The van der Waals surface area contributed by atoms with Crippen molar-refractivity contribution in [3.05, 3.63) is 29.8 Å². The van der Waals surface area contributed by atoms with Gasteiger partial charge in [-0.05, 0) is 30.0 Å². The summed E-state index contributed by atoms with van der Waals surface area (Å²) in [4.78, 5) is 11.3. The first-order valence-electron chi connectivity index (χ1n) is 5.72. The lowest BCUT2D eigenvalue weighted by Gasteiger charge is -2.09. The monoisotopic (exact) mass is 236 g/mol. The fourth-order valence-corrected chi connectivity index (χ4v) is 1.27. The third-order valence-electron chi connectivity index (χ3n) is 2.14. The molecule has 0 saturated heterocycles. The van der Waals surface area contributed by atoms with E-state index in [0.717, 1.165) is 5.56 Å². The maximum Gasteiger partial charge on any atom is 0.411 e. The molecule has 0 heterocycles. The van der Waals surface area contributed by atoms with Crippen LogP contribution in [0.15, 0.2) is 24.3 Å². The van der Waals surface area contributed by atoms with E-state index in [0.29, 0.717) is 24.6 Å². The molecule has 0 fully saturated rings. The molecule has 0 aliphatic carbocycles. The first-order valence-corrected chi connectivity index (χ1v) is 5.72. The molecule has 1 N–H and O–H groups in total. The van der Waals surface area contributed by atoms with Crippen molar-refractivity contribution < 1.29 is 14.6 Å². The number of rotatable bonds is 5. The smallest absolute Gasteiger partial charge is 0.411 e. The number of hydrogen-bond acceptors (Lipinski definition) is 2. The largest absolute Gasteiger partial charge is 0.449 e. The second-order valence-electron chi connectivity index (χ2n) is 4.27. The van der Waals surface area contributed by atoms with Gasteiger partial charge in [0.05, 0.1) is 13.2 Å². The molecule has 0 atom stereocenters. The summed E-state index contributed by atoms with van der Waals surface area (Å²) >= 11 is 0. The summed E-state index contributed by atoms with van der Waals surface area (Å²) in [5, 5.41) is 13.0. The molecule has 4 heteroatoms. The highest BCUT2D eigenvalue weighted by atomic mass is 16.5. The van der Waals surface area contributed by atoms with Gasteiger partial charge in [0.1, 0.15) is 0 Å². The van der Waals surface area contributed by atoms with Crippen LogP contribution in [0.2, 0.25) is 0 Å². The van der Waals surface area contributed by atoms with E-state index in [2.05, 4.69) is 5.32 Å². The van der Waals surface area contributed by atoms with E-state index in [1.165, 1.54) is 0 Å². The Bertz CT molecular complexity index is 346. The van der Waals surface area contributed by atoms with Crippen LogP contribution in [0.5, 0.6) is 0 Å². The predicted molar refractivity (Wildman–Crippen MR) is 65.5 cm³/mol. The summed E-state index contributed by atoms with van der Waals surface area (Å²) in [6.45, 7) is 4.24. The van der Waals surface area contributed by atoms with Crippen LogP contribution in [0.4, 0.5) is 10.5 Å². The Labute approximate surface area is 102 Å². The number of anilines is 1. The van der Waals surface area contributed by atoms with Gasteiger partial charge in [0.2, 0.25) is 0 Å². The molecule has 1 amide bonds. The molecule has 0 bridgehead atoms. The van der Waals surface area contributed by atoms with Crippen molar-refractivity contribution >= 4 is 11.8 Å². The van der Waals surface area contributed by atoms with Crippen molar-refractivity contribution in [2.75, 3.05) is 18.5 Å². The summed E-state index contributed by atoms with van der Waals surface area (Å²) in [5.74, 6) is 0.320. The first kappa shape index (κ1) is 13.5. The van der Waals surface area contributed by atoms with Gasteiger partial charge in [0.25, 0.3) is 0 Å². The minimum absolute atomic E-state index is 0.122. The Kier molecular flexibility index (Phi) is 5.49. The molecule has 0 unspecified atom stereocenters. The minimum Gasteiger partial charge on any atom is -0.449 e. The van der Waals surface area contributed by atoms with Crippen LogP contribution >= 0.6 is 0 Å². The van der Waals surface area contributed by atoms with Gasteiger partial charge in [-0.3, -0.25) is 5.32 Å². The van der Waals surface area contributed by atoms with Gasteiger partial charge >= 0.3 is 6.09 Å². The molecule has 0 saturated carbocycles. The minimum atomic E-state index is -0.449. The zero-order chi connectivity index (χ0) is 12.7. The molecule has 1 aromatic carbocycles. The molecular formula is C13H18NO3. The van der Waals surface area contributed by atoms with E-state index in [1.807, 2.05) is 26.0 Å². The third kappa shape index (κ3) is 5.36. The number of amides is 1. The number of benzene rings is 1. The molecule has 4 nitrogen and oxygen atoms in total. The molecule has 1 aromatic rings. The summed E-state index contributed by atoms with van der Waals surface area (Å²) < 4.78 is 4.99. The van der Waals surface area contributed by atoms with E-state index in [4.69, 9.17) is 4.74 Å². The van der Waals surface area contributed by atoms with Crippen LogP contribution in [-0.4, -0.2) is 19.3 Å². The SMILES string of the molecule is CC(C)COC(=O)Nc1ccc(CC[O])cc1. The molecule has 0 aromatic heterocycles. The summed E-state index contributed by atoms with van der Waals surface area (Å²) in [5.41, 5.74) is 1.65. The van der Waals surface area contributed by atoms with E-state index < -0.39 is 6.09 Å². The van der Waals surface area contributed by atoms with Gasteiger partial charge < -0.3 is 4.74 Å². The Morgan fingerprint density at radius 3 is 2.47 bits per heavy atom. The summed E-state index contributed by atoms with van der Waals surface area (Å²) in [6, 6.07) is 7.19. The van der Waals surface area contributed by atoms with Gasteiger partial charge in [-0.2, -0.15) is 0 Å². The second kappa shape index (κ2) is 6.91. The van der Waals surface area contributed by atoms with Crippen LogP contribution < -0.4 is 5.32 Å². The average Bonchev–Trinajstić information content (AvgIpc) is 2.29. The summed E-state index contributed by atoms with van der Waals surface area (Å²) in [6.07, 6.45) is 0.0632. The van der Waals surface area contributed by atoms with Gasteiger partial charge in [0.15, 0.2) is 0 Å². The van der Waals surface area contributed by atoms with Gasteiger partial charge in [-0.25, -0.2) is 9.90 Å². The molecule has 0 aliphatic rings. The van der Waals surface area contributed by atoms with Crippen molar-refractivity contribution in [1.82, 2.24) is 0 Å². The Morgan fingerprint density at radius 2 is 1.94 bits per heavy atom. The molecule has 1 radical (unpaired) electrons. The van der Waals surface area contributed by atoms with Crippen LogP contribution in [0.25, 0.3) is 0 Å². The predicted octanol–water partition coefficient (Wildman–Crippen LogP) is 2.86. The molecular weight excluding hydrogens is 218 g/mol. The molecule has 0 aliphatic heterocycles. The van der Waals surface area contributed by atoms with Crippen molar-refractivity contribution in [3.8, 4) is 0 Å². The Balaban J connectivity index is 2.43. The fourth-order valence-electron chi connectivity index (χ4n) is 1.27. The Hall–Kier alpha value is -1.55. The average molecular weight is 236 g/mol. The van der Waals surface area contributed by atoms with Crippen molar-refractivity contribution in [2.24, 2.45) is 5.92 Å². The highest BCUT2D eigenvalue weighted by Crippen LogP contribution is 2.10. The maximum atomic E-state index is 11.3. The number of carbonyl (C=O) groups excluding carboxylic acids is 1. The lowest BCUT2D eigenvalue weighted by Crippen LogP contribution is -2.16. The van der Waals surface area contributed by atoms with Crippen molar-refractivity contribution in [3.63, 3.8) is 0 Å². The maximum absolute atomic E-state index is 11.3. The van der Waals surface area contributed by atoms with E-state index in [1.54, 1.807) is 12.1 Å². The van der Waals surface area contributed by atoms with Crippen molar-refractivity contribution in [2.45, 2.75) is 20.3 Å². The van der Waals surface area contributed by atoms with E-state index in [-0.39, 0.29) is 6.61 Å². The van der Waals surface area contributed by atoms with Gasteiger partial charge in [0, 0.05) is 5.69 Å². The zero-order valence-corrected chi connectivity index (χ0v) is 10.2. The van der Waals surface area contributed by atoms with Crippen LogP contribution in [0.3, 0.4) is 0 Å². The fraction of sp³-hybridized carbons (Fsp3) is 0.462.